The number of carboxylic acids is 2. The normalized spacial score (nSPS) is 9.76. The zero-order chi connectivity index (χ0) is 25.8. The molecule has 0 atom stereocenters. The second-order valence-corrected chi connectivity index (χ2v) is 6.80. The van der Waals surface area contributed by atoms with Crippen molar-refractivity contribution in [1.29, 1.82) is 0 Å². The van der Waals surface area contributed by atoms with Crippen molar-refractivity contribution in [2.45, 2.75) is 46.5 Å². The van der Waals surface area contributed by atoms with E-state index < -0.39 is 17.9 Å². The molecule has 33 heavy (non-hydrogen) atoms. The van der Waals surface area contributed by atoms with Gasteiger partial charge in [-0.3, -0.25) is 4.79 Å². The van der Waals surface area contributed by atoms with E-state index >= 15 is 0 Å². The van der Waals surface area contributed by atoms with Crippen molar-refractivity contribution in [2.75, 3.05) is 13.7 Å². The molecule has 0 amide bonds. The maximum atomic E-state index is 11.2. The van der Waals surface area contributed by atoms with E-state index in [9.17, 15) is 19.2 Å². The lowest BCUT2D eigenvalue weighted by molar-refractivity contribution is -0.139. The fraction of sp³-hybridized carbons (Fsp3) is 0.360. The molecular weight excluding hydrogens is 428 g/mol. The molecule has 8 heteroatoms. The Morgan fingerprint density at radius 3 is 1.97 bits per heavy atom. The number of esters is 2. The summed E-state index contributed by atoms with van der Waals surface area (Å²) in [4.78, 5) is 42.0. The molecule has 0 radical (unpaired) electrons. The largest absolute Gasteiger partial charge is 0.481 e. The summed E-state index contributed by atoms with van der Waals surface area (Å²) in [6.07, 6.45) is 3.77. The van der Waals surface area contributed by atoms with E-state index in [0.717, 1.165) is 18.4 Å². The van der Waals surface area contributed by atoms with Crippen LogP contribution in [0.4, 0.5) is 0 Å². The molecule has 0 unspecified atom stereocenters. The summed E-state index contributed by atoms with van der Waals surface area (Å²) in [5.41, 5.74) is 1.64. The molecule has 0 aromatic heterocycles. The molecule has 1 rings (SSSR count). The lowest BCUT2D eigenvalue weighted by atomic mass is 10.1. The molecule has 1 aromatic carbocycles. The van der Waals surface area contributed by atoms with Gasteiger partial charge in [-0.2, -0.15) is 0 Å². The standard InChI is InChI=1S/C11H16O4.C9H10O2.C5H8O2/c1-4-5-6-15-11(14)9(3)7-8(2)10(12)13;10-9(11)7-6-8-4-2-1-3-5-8;1-4(2)5(6)7-3/h7H,3-6H2,1-2H3,(H,12,13);1-5H,6-7H2,(H,10,11);1H2,2-3H3. The van der Waals surface area contributed by atoms with E-state index in [4.69, 9.17) is 14.9 Å². The lowest BCUT2D eigenvalue weighted by Gasteiger charge is -2.03. The van der Waals surface area contributed by atoms with E-state index in [1.54, 1.807) is 6.92 Å². The highest BCUT2D eigenvalue weighted by Crippen LogP contribution is 2.04. The number of carboxylic acid groups (broad SMARTS) is 2. The summed E-state index contributed by atoms with van der Waals surface area (Å²) >= 11 is 0. The van der Waals surface area contributed by atoms with Gasteiger partial charge in [0, 0.05) is 17.6 Å². The van der Waals surface area contributed by atoms with Crippen LogP contribution < -0.4 is 0 Å². The minimum absolute atomic E-state index is 0.0611. The first-order chi connectivity index (χ1) is 15.5. The van der Waals surface area contributed by atoms with Gasteiger partial charge in [0.2, 0.25) is 0 Å². The van der Waals surface area contributed by atoms with E-state index in [1.165, 1.54) is 20.1 Å². The fourth-order valence-corrected chi connectivity index (χ4v) is 1.85. The average Bonchev–Trinajstić information content (AvgIpc) is 2.78. The first-order valence-electron chi connectivity index (χ1n) is 10.2. The summed E-state index contributed by atoms with van der Waals surface area (Å²) in [6.45, 7) is 12.1. The molecule has 0 saturated heterocycles. The number of ether oxygens (including phenoxy) is 2. The zero-order valence-electron chi connectivity index (χ0n) is 19.8. The predicted molar refractivity (Wildman–Crippen MR) is 126 cm³/mol. The summed E-state index contributed by atoms with van der Waals surface area (Å²) in [5, 5.41) is 16.9. The van der Waals surface area contributed by atoms with Crippen LogP contribution in [-0.4, -0.2) is 47.8 Å². The molecule has 0 spiro atoms. The van der Waals surface area contributed by atoms with Crippen molar-refractivity contribution >= 4 is 23.9 Å². The maximum Gasteiger partial charge on any atom is 0.337 e. The molecule has 8 nitrogen and oxygen atoms in total. The minimum Gasteiger partial charge on any atom is -0.481 e. The van der Waals surface area contributed by atoms with Gasteiger partial charge in [-0.1, -0.05) is 56.8 Å². The molecule has 1 aromatic rings. The van der Waals surface area contributed by atoms with Crippen LogP contribution >= 0.6 is 0 Å². The van der Waals surface area contributed by atoms with Crippen LogP contribution in [0.2, 0.25) is 0 Å². The Bertz CT molecular complexity index is 822. The Kier molecular flexibility index (Phi) is 18.2. The number of carbonyl (C=O) groups excluding carboxylic acids is 2. The van der Waals surface area contributed by atoms with Crippen LogP contribution in [0.3, 0.4) is 0 Å². The summed E-state index contributed by atoms with van der Waals surface area (Å²) in [6, 6.07) is 9.62. The number of hydrogen-bond donors (Lipinski definition) is 2. The molecule has 182 valence electrons. The highest BCUT2D eigenvalue weighted by molar-refractivity contribution is 5.94. The maximum absolute atomic E-state index is 11.2. The molecule has 0 aliphatic rings. The van der Waals surface area contributed by atoms with E-state index in [1.807, 2.05) is 37.3 Å². The van der Waals surface area contributed by atoms with Gasteiger partial charge in [-0.05, 0) is 38.3 Å². The fourth-order valence-electron chi connectivity index (χ4n) is 1.85. The third-order valence-electron chi connectivity index (χ3n) is 3.73. The van der Waals surface area contributed by atoms with Crippen LogP contribution in [0, 0.1) is 0 Å². The van der Waals surface area contributed by atoms with Crippen LogP contribution in [0.1, 0.15) is 45.6 Å². The summed E-state index contributed by atoms with van der Waals surface area (Å²) in [5.74, 6) is -2.73. The Morgan fingerprint density at radius 1 is 1.00 bits per heavy atom. The van der Waals surface area contributed by atoms with E-state index in [2.05, 4.69) is 17.9 Å². The number of aryl methyl sites for hydroxylation is 1. The monoisotopic (exact) mass is 462 g/mol. The average molecular weight is 463 g/mol. The van der Waals surface area contributed by atoms with Crippen LogP contribution in [0.25, 0.3) is 0 Å². The molecule has 0 bridgehead atoms. The van der Waals surface area contributed by atoms with Crippen molar-refractivity contribution in [2.24, 2.45) is 0 Å². The number of carbonyl (C=O) groups is 4. The molecule has 0 fully saturated rings. The highest BCUT2D eigenvalue weighted by atomic mass is 16.5. The third-order valence-corrected chi connectivity index (χ3v) is 3.73. The van der Waals surface area contributed by atoms with Crippen molar-refractivity contribution in [3.63, 3.8) is 0 Å². The highest BCUT2D eigenvalue weighted by Gasteiger charge is 2.08. The van der Waals surface area contributed by atoms with E-state index in [0.29, 0.717) is 18.6 Å². The lowest BCUT2D eigenvalue weighted by Crippen LogP contribution is -2.08. The Labute approximate surface area is 195 Å². The predicted octanol–water partition coefficient (Wildman–Crippen LogP) is 4.36. The van der Waals surface area contributed by atoms with Crippen LogP contribution in [-0.2, 0) is 35.1 Å². The van der Waals surface area contributed by atoms with Crippen molar-refractivity contribution in [3.05, 3.63) is 71.8 Å². The molecule has 0 saturated carbocycles. The van der Waals surface area contributed by atoms with Crippen molar-refractivity contribution in [1.82, 2.24) is 0 Å². The number of rotatable bonds is 10. The Morgan fingerprint density at radius 2 is 1.58 bits per heavy atom. The molecule has 0 aliphatic heterocycles. The quantitative estimate of drug-likeness (QED) is 0.227. The molecular formula is C25H34O8. The van der Waals surface area contributed by atoms with Gasteiger partial charge in [0.15, 0.2) is 0 Å². The zero-order valence-corrected chi connectivity index (χ0v) is 19.8. The van der Waals surface area contributed by atoms with Crippen molar-refractivity contribution in [3.8, 4) is 0 Å². The van der Waals surface area contributed by atoms with Gasteiger partial charge in [-0.15, -0.1) is 0 Å². The van der Waals surface area contributed by atoms with Crippen LogP contribution in [0.5, 0.6) is 0 Å². The first kappa shape index (κ1) is 31.5. The molecule has 2 N–H and O–H groups in total. The van der Waals surface area contributed by atoms with Crippen molar-refractivity contribution < 1.29 is 38.9 Å². The summed E-state index contributed by atoms with van der Waals surface area (Å²) in [7, 11) is 1.33. The molecule has 0 heterocycles. The Hall–Kier alpha value is -3.68. The second kappa shape index (κ2) is 19.0. The minimum atomic E-state index is -1.07. The third kappa shape index (κ3) is 18.8. The van der Waals surface area contributed by atoms with Crippen LogP contribution in [0.15, 0.2) is 66.3 Å². The summed E-state index contributed by atoms with van der Waals surface area (Å²) < 4.78 is 9.12. The van der Waals surface area contributed by atoms with Gasteiger partial charge < -0.3 is 19.7 Å². The number of aliphatic carboxylic acids is 2. The van der Waals surface area contributed by atoms with Gasteiger partial charge in [-0.25, -0.2) is 14.4 Å². The Balaban J connectivity index is 0. The molecule has 0 aliphatic carbocycles. The van der Waals surface area contributed by atoms with Gasteiger partial charge in [0.05, 0.1) is 19.3 Å². The SMILES string of the molecule is C=C(C)C(=O)OC.C=C(C=C(C)C(=O)O)C(=O)OCCCC.O=C(O)CCc1ccccc1. The number of methoxy groups -OCH3 is 1. The second-order valence-electron chi connectivity index (χ2n) is 6.80. The number of unbranched alkanes of at least 4 members (excludes halogenated alkanes) is 1. The van der Waals surface area contributed by atoms with E-state index in [-0.39, 0.29) is 23.5 Å². The first-order valence-corrected chi connectivity index (χ1v) is 10.2. The topological polar surface area (TPSA) is 127 Å². The van der Waals surface area contributed by atoms with Gasteiger partial charge >= 0.3 is 23.9 Å². The number of benzene rings is 1. The smallest absolute Gasteiger partial charge is 0.337 e. The van der Waals surface area contributed by atoms with Gasteiger partial charge in [0.1, 0.15) is 0 Å². The number of hydrogen-bond acceptors (Lipinski definition) is 6. The van der Waals surface area contributed by atoms with Gasteiger partial charge in [0.25, 0.3) is 0 Å².